The first-order valence-corrected chi connectivity index (χ1v) is 8.61. The maximum atomic E-state index is 6.39. The van der Waals surface area contributed by atoms with Gasteiger partial charge in [0.25, 0.3) is 0 Å². The van der Waals surface area contributed by atoms with Crippen LogP contribution in [-0.2, 0) is 9.47 Å². The Morgan fingerprint density at radius 3 is 2.82 bits per heavy atom. The highest BCUT2D eigenvalue weighted by Crippen LogP contribution is 2.44. The van der Waals surface area contributed by atoms with E-state index in [4.69, 9.17) is 9.47 Å². The Kier molecular flexibility index (Phi) is 4.88. The van der Waals surface area contributed by atoms with Gasteiger partial charge in [0.05, 0.1) is 11.8 Å². The minimum atomic E-state index is 0.249. The topological polar surface area (TPSA) is 47.1 Å². The van der Waals surface area contributed by atoms with Crippen molar-refractivity contribution in [1.82, 2.24) is 10.2 Å². The molecule has 2 atom stereocenters. The van der Waals surface area contributed by atoms with Crippen LogP contribution in [0.1, 0.15) is 63.1 Å². The summed E-state index contributed by atoms with van der Waals surface area (Å²) < 4.78 is 11.8. The van der Waals surface area contributed by atoms with Crippen LogP contribution in [0, 0.1) is 18.3 Å². The summed E-state index contributed by atoms with van der Waals surface area (Å²) in [7, 11) is 0. The Bertz CT molecular complexity index is 477. The van der Waals surface area contributed by atoms with Crippen LogP contribution < -0.4 is 0 Å². The number of aromatic nitrogens is 2. The molecule has 1 N–H and O–H groups in total. The van der Waals surface area contributed by atoms with Gasteiger partial charge in [-0.3, -0.25) is 5.10 Å². The molecule has 1 aromatic heterocycles. The fraction of sp³-hybridized carbons (Fsp3) is 0.778. The van der Waals surface area contributed by atoms with Gasteiger partial charge in [-0.15, -0.1) is 0 Å². The van der Waals surface area contributed by atoms with Gasteiger partial charge in [-0.25, -0.2) is 0 Å². The minimum Gasteiger partial charge on any atom is -0.381 e. The molecule has 1 aromatic rings. The van der Waals surface area contributed by atoms with Crippen LogP contribution >= 0.6 is 0 Å². The zero-order valence-corrected chi connectivity index (χ0v) is 13.9. The highest BCUT2D eigenvalue weighted by molar-refractivity contribution is 5.24. The minimum absolute atomic E-state index is 0.249. The molecule has 0 aromatic carbocycles. The van der Waals surface area contributed by atoms with Gasteiger partial charge in [-0.1, -0.05) is 13.8 Å². The number of nitrogens with one attached hydrogen (secondary N) is 1. The van der Waals surface area contributed by atoms with Crippen molar-refractivity contribution in [2.75, 3.05) is 19.8 Å². The van der Waals surface area contributed by atoms with Crippen molar-refractivity contribution >= 4 is 0 Å². The SMILES string of the molecule is [CH2]c1c[nH]nc1C1CCC(C)(C)[C@H](OCC2CCOCC2)C1. The molecular weight excluding hydrogens is 276 g/mol. The van der Waals surface area contributed by atoms with Crippen LogP contribution in [0.25, 0.3) is 0 Å². The van der Waals surface area contributed by atoms with Crippen LogP contribution in [0.4, 0.5) is 0 Å². The van der Waals surface area contributed by atoms with Gasteiger partial charge in [0.2, 0.25) is 0 Å². The van der Waals surface area contributed by atoms with E-state index in [1.165, 1.54) is 12.8 Å². The monoisotopic (exact) mass is 305 g/mol. The van der Waals surface area contributed by atoms with E-state index in [1.807, 2.05) is 6.20 Å². The molecule has 22 heavy (non-hydrogen) atoms. The molecule has 1 radical (unpaired) electrons. The van der Waals surface area contributed by atoms with Gasteiger partial charge in [-0.05, 0) is 55.9 Å². The highest BCUT2D eigenvalue weighted by atomic mass is 16.5. The third kappa shape index (κ3) is 3.54. The number of ether oxygens (including phenoxy) is 2. The van der Waals surface area contributed by atoms with E-state index in [1.54, 1.807) is 0 Å². The molecule has 4 nitrogen and oxygen atoms in total. The largest absolute Gasteiger partial charge is 0.381 e. The third-order valence-corrected chi connectivity index (χ3v) is 5.52. The fourth-order valence-corrected chi connectivity index (χ4v) is 3.79. The zero-order chi connectivity index (χ0) is 15.6. The lowest BCUT2D eigenvalue weighted by Crippen LogP contribution is -2.39. The second-order valence-corrected chi connectivity index (χ2v) is 7.63. The van der Waals surface area contributed by atoms with Gasteiger partial charge in [0.15, 0.2) is 0 Å². The molecular formula is C18H29N2O2. The highest BCUT2D eigenvalue weighted by Gasteiger charge is 2.39. The van der Waals surface area contributed by atoms with E-state index in [0.717, 1.165) is 50.3 Å². The van der Waals surface area contributed by atoms with Crippen molar-refractivity contribution < 1.29 is 9.47 Å². The molecule has 2 fully saturated rings. The number of hydrogen-bond acceptors (Lipinski definition) is 3. The van der Waals surface area contributed by atoms with Crippen LogP contribution in [0.15, 0.2) is 6.20 Å². The van der Waals surface area contributed by atoms with E-state index >= 15 is 0 Å². The second-order valence-electron chi connectivity index (χ2n) is 7.63. The maximum Gasteiger partial charge on any atom is 0.0685 e. The van der Waals surface area contributed by atoms with Crippen molar-refractivity contribution in [2.24, 2.45) is 11.3 Å². The summed E-state index contributed by atoms with van der Waals surface area (Å²) >= 11 is 0. The molecule has 3 rings (SSSR count). The molecule has 2 aliphatic rings. The van der Waals surface area contributed by atoms with Crippen LogP contribution in [0.3, 0.4) is 0 Å². The Morgan fingerprint density at radius 1 is 1.36 bits per heavy atom. The molecule has 2 heterocycles. The molecule has 1 aliphatic heterocycles. The summed E-state index contributed by atoms with van der Waals surface area (Å²) in [6.45, 7) is 11.4. The first-order chi connectivity index (χ1) is 10.6. The van der Waals surface area contributed by atoms with Crippen molar-refractivity contribution in [2.45, 2.75) is 58.0 Å². The molecule has 1 saturated heterocycles. The standard InChI is InChI=1S/C18H29N2O2/c1-13-11-19-20-17(13)15-4-7-18(2,3)16(10-15)22-12-14-5-8-21-9-6-14/h11,14-16H,1,4-10,12H2,2-3H3,(H,19,20)/t15?,16-/m1/s1. The molecule has 4 heteroatoms. The molecule has 1 saturated carbocycles. The lowest BCUT2D eigenvalue weighted by Gasteiger charge is -2.42. The molecule has 1 aliphatic carbocycles. The summed E-state index contributed by atoms with van der Waals surface area (Å²) in [5.41, 5.74) is 2.42. The number of hydrogen-bond donors (Lipinski definition) is 1. The van der Waals surface area contributed by atoms with Crippen molar-refractivity contribution in [3.05, 3.63) is 24.4 Å². The summed E-state index contributed by atoms with van der Waals surface area (Å²) in [5.74, 6) is 1.14. The lowest BCUT2D eigenvalue weighted by atomic mass is 9.69. The summed E-state index contributed by atoms with van der Waals surface area (Å²) in [6, 6.07) is 0. The summed E-state index contributed by atoms with van der Waals surface area (Å²) in [4.78, 5) is 0. The predicted molar refractivity (Wildman–Crippen MR) is 86.7 cm³/mol. The molecule has 0 spiro atoms. The first kappa shape index (κ1) is 16.0. The van der Waals surface area contributed by atoms with Crippen LogP contribution in [-0.4, -0.2) is 36.1 Å². The fourth-order valence-electron chi connectivity index (χ4n) is 3.79. The Balaban J connectivity index is 1.60. The quantitative estimate of drug-likeness (QED) is 0.922. The molecule has 1 unspecified atom stereocenters. The third-order valence-electron chi connectivity index (χ3n) is 5.52. The maximum absolute atomic E-state index is 6.39. The molecule has 123 valence electrons. The molecule has 0 bridgehead atoms. The number of aromatic amines is 1. The zero-order valence-electron chi connectivity index (χ0n) is 13.9. The van der Waals surface area contributed by atoms with Gasteiger partial charge >= 0.3 is 0 Å². The summed E-state index contributed by atoms with van der Waals surface area (Å²) in [6.07, 6.45) is 7.90. The predicted octanol–water partition coefficient (Wildman–Crippen LogP) is 3.70. The smallest absolute Gasteiger partial charge is 0.0685 e. The van der Waals surface area contributed by atoms with Crippen molar-refractivity contribution in [3.8, 4) is 0 Å². The van der Waals surface area contributed by atoms with Gasteiger partial charge in [0, 0.05) is 31.9 Å². The Hall–Kier alpha value is -0.870. The average Bonchev–Trinajstić information content (AvgIpc) is 2.93. The van der Waals surface area contributed by atoms with Gasteiger partial charge in [0.1, 0.15) is 0 Å². The lowest BCUT2D eigenvalue weighted by molar-refractivity contribution is -0.0797. The normalized spacial score (nSPS) is 29.6. The number of H-pyrrole nitrogens is 1. The number of nitrogens with zero attached hydrogens (tertiary/aromatic N) is 1. The Labute approximate surface area is 134 Å². The van der Waals surface area contributed by atoms with E-state index in [0.29, 0.717) is 17.9 Å². The second kappa shape index (κ2) is 6.71. The van der Waals surface area contributed by atoms with Crippen molar-refractivity contribution in [1.29, 1.82) is 0 Å². The van der Waals surface area contributed by atoms with E-state index < -0.39 is 0 Å². The van der Waals surface area contributed by atoms with E-state index in [-0.39, 0.29) is 5.41 Å². The Morgan fingerprint density at radius 2 is 2.14 bits per heavy atom. The average molecular weight is 305 g/mol. The van der Waals surface area contributed by atoms with Crippen molar-refractivity contribution in [3.63, 3.8) is 0 Å². The van der Waals surface area contributed by atoms with Gasteiger partial charge < -0.3 is 9.47 Å². The summed E-state index contributed by atoms with van der Waals surface area (Å²) in [5, 5.41) is 7.36. The van der Waals surface area contributed by atoms with Crippen LogP contribution in [0.2, 0.25) is 0 Å². The van der Waals surface area contributed by atoms with Gasteiger partial charge in [-0.2, -0.15) is 5.10 Å². The first-order valence-electron chi connectivity index (χ1n) is 8.61. The molecule has 0 amide bonds. The van der Waals surface area contributed by atoms with E-state index in [9.17, 15) is 0 Å². The van der Waals surface area contributed by atoms with Crippen LogP contribution in [0.5, 0.6) is 0 Å². The number of rotatable bonds is 4. The van der Waals surface area contributed by atoms with E-state index in [2.05, 4.69) is 31.0 Å².